The molecule has 0 amide bonds. The summed E-state index contributed by atoms with van der Waals surface area (Å²) in [5.74, 6) is 0.369. The van der Waals surface area contributed by atoms with Gasteiger partial charge in [-0.15, -0.1) is 0 Å². The van der Waals surface area contributed by atoms with Gasteiger partial charge in [0.15, 0.2) is 0 Å². The number of aliphatic hydroxyl groups is 1. The summed E-state index contributed by atoms with van der Waals surface area (Å²) in [6.07, 6.45) is 4.81. The van der Waals surface area contributed by atoms with Crippen LogP contribution >= 0.6 is 0 Å². The lowest BCUT2D eigenvalue weighted by Gasteiger charge is -2.31. The van der Waals surface area contributed by atoms with E-state index < -0.39 is 0 Å². The number of aliphatic hydroxyl groups excluding tert-OH is 1. The molecule has 0 spiro atoms. The zero-order valence-corrected chi connectivity index (χ0v) is 10.9. The summed E-state index contributed by atoms with van der Waals surface area (Å²) < 4.78 is 4.88. The average molecular weight is 243 g/mol. The Labute approximate surface area is 104 Å². The van der Waals surface area contributed by atoms with Gasteiger partial charge in [-0.2, -0.15) is 0 Å². The van der Waals surface area contributed by atoms with E-state index in [-0.39, 0.29) is 5.97 Å². The van der Waals surface area contributed by atoms with Crippen molar-refractivity contribution in [1.82, 2.24) is 4.90 Å². The van der Waals surface area contributed by atoms with Crippen LogP contribution < -0.4 is 0 Å². The molecule has 1 atom stereocenters. The van der Waals surface area contributed by atoms with Gasteiger partial charge in [-0.25, -0.2) is 0 Å². The molecule has 1 aliphatic heterocycles. The van der Waals surface area contributed by atoms with Crippen LogP contribution in [-0.4, -0.2) is 48.8 Å². The van der Waals surface area contributed by atoms with Crippen LogP contribution in [0.25, 0.3) is 0 Å². The van der Waals surface area contributed by atoms with Gasteiger partial charge in [0.1, 0.15) is 0 Å². The van der Waals surface area contributed by atoms with Gasteiger partial charge in [0, 0.05) is 19.6 Å². The molecule has 17 heavy (non-hydrogen) atoms. The molecule has 1 fully saturated rings. The van der Waals surface area contributed by atoms with Gasteiger partial charge in [-0.1, -0.05) is 0 Å². The summed E-state index contributed by atoms with van der Waals surface area (Å²) >= 11 is 0. The first kappa shape index (κ1) is 14.5. The average Bonchev–Trinajstić information content (AvgIpc) is 2.35. The Kier molecular flexibility index (Phi) is 7.21. The molecule has 4 nitrogen and oxygen atoms in total. The monoisotopic (exact) mass is 243 g/mol. The fourth-order valence-electron chi connectivity index (χ4n) is 2.34. The number of hydrogen-bond acceptors (Lipinski definition) is 4. The van der Waals surface area contributed by atoms with Crippen LogP contribution in [0.3, 0.4) is 0 Å². The Morgan fingerprint density at radius 3 is 3.00 bits per heavy atom. The summed E-state index contributed by atoms with van der Waals surface area (Å²) in [7, 11) is 0. The number of rotatable bonds is 7. The minimum atomic E-state index is -0.0839. The van der Waals surface area contributed by atoms with Crippen LogP contribution in [0.5, 0.6) is 0 Å². The Morgan fingerprint density at radius 2 is 2.29 bits per heavy atom. The Balaban J connectivity index is 2.04. The lowest BCUT2D eigenvalue weighted by atomic mass is 9.99. The van der Waals surface area contributed by atoms with Crippen molar-refractivity contribution < 1.29 is 14.6 Å². The topological polar surface area (TPSA) is 49.8 Å². The molecule has 0 saturated carbocycles. The Bertz CT molecular complexity index is 221. The van der Waals surface area contributed by atoms with Crippen molar-refractivity contribution >= 4 is 5.97 Å². The van der Waals surface area contributed by atoms with Crippen molar-refractivity contribution in [1.29, 1.82) is 0 Å². The van der Waals surface area contributed by atoms with E-state index in [9.17, 15) is 4.79 Å². The highest BCUT2D eigenvalue weighted by Gasteiger charge is 2.18. The van der Waals surface area contributed by atoms with Gasteiger partial charge >= 0.3 is 5.97 Å². The minimum Gasteiger partial charge on any atom is -0.466 e. The molecule has 0 bridgehead atoms. The highest BCUT2D eigenvalue weighted by molar-refractivity contribution is 5.69. The van der Waals surface area contributed by atoms with E-state index in [1.165, 1.54) is 6.42 Å². The van der Waals surface area contributed by atoms with Crippen molar-refractivity contribution in [2.45, 2.75) is 39.0 Å². The second-order valence-corrected chi connectivity index (χ2v) is 4.75. The van der Waals surface area contributed by atoms with E-state index in [1.807, 2.05) is 6.92 Å². The zero-order chi connectivity index (χ0) is 12.5. The van der Waals surface area contributed by atoms with E-state index in [1.54, 1.807) is 0 Å². The van der Waals surface area contributed by atoms with Crippen molar-refractivity contribution in [3.63, 3.8) is 0 Å². The molecule has 1 aliphatic rings. The van der Waals surface area contributed by atoms with Gasteiger partial charge in [0.2, 0.25) is 0 Å². The molecule has 0 radical (unpaired) electrons. The van der Waals surface area contributed by atoms with E-state index in [0.717, 1.165) is 38.9 Å². The predicted octanol–water partition coefficient (Wildman–Crippen LogP) is 1.42. The first-order chi connectivity index (χ1) is 8.26. The predicted molar refractivity (Wildman–Crippen MR) is 66.7 cm³/mol. The summed E-state index contributed by atoms with van der Waals surface area (Å²) in [5, 5.41) is 9.12. The number of carbonyl (C=O) groups is 1. The lowest BCUT2D eigenvalue weighted by molar-refractivity contribution is -0.143. The fourth-order valence-corrected chi connectivity index (χ4v) is 2.34. The second kappa shape index (κ2) is 8.48. The number of nitrogens with zero attached hydrogens (tertiary/aromatic N) is 1. The fraction of sp³-hybridized carbons (Fsp3) is 0.923. The summed E-state index contributed by atoms with van der Waals surface area (Å²) in [6.45, 7) is 5.80. The van der Waals surface area contributed by atoms with Crippen molar-refractivity contribution in [3.8, 4) is 0 Å². The minimum absolute atomic E-state index is 0.0839. The first-order valence-electron chi connectivity index (χ1n) is 6.75. The summed E-state index contributed by atoms with van der Waals surface area (Å²) in [6, 6.07) is 0. The van der Waals surface area contributed by atoms with Crippen molar-refractivity contribution in [2.24, 2.45) is 5.92 Å². The van der Waals surface area contributed by atoms with Gasteiger partial charge < -0.3 is 14.7 Å². The van der Waals surface area contributed by atoms with Crippen LogP contribution in [-0.2, 0) is 9.53 Å². The van der Waals surface area contributed by atoms with Crippen LogP contribution in [0, 0.1) is 5.92 Å². The molecule has 0 aromatic rings. The standard InChI is InChI=1S/C13H25NO3/c1-2-17-13(16)7-3-4-8-14-9-5-6-12(10-14)11-15/h12,15H,2-11H2,1H3. The molecule has 1 unspecified atom stereocenters. The lowest BCUT2D eigenvalue weighted by Crippen LogP contribution is -2.37. The van der Waals surface area contributed by atoms with E-state index in [2.05, 4.69) is 4.90 Å². The third-order valence-electron chi connectivity index (χ3n) is 3.27. The molecular formula is C13H25NO3. The number of piperidine rings is 1. The van der Waals surface area contributed by atoms with E-state index in [0.29, 0.717) is 25.6 Å². The Hall–Kier alpha value is -0.610. The summed E-state index contributed by atoms with van der Waals surface area (Å²) in [5.41, 5.74) is 0. The largest absolute Gasteiger partial charge is 0.466 e. The molecule has 100 valence electrons. The van der Waals surface area contributed by atoms with Gasteiger partial charge in [0.25, 0.3) is 0 Å². The quantitative estimate of drug-likeness (QED) is 0.543. The molecule has 4 heteroatoms. The maximum absolute atomic E-state index is 11.1. The maximum atomic E-state index is 11.1. The highest BCUT2D eigenvalue weighted by atomic mass is 16.5. The van der Waals surface area contributed by atoms with Crippen LogP contribution in [0.2, 0.25) is 0 Å². The molecule has 1 saturated heterocycles. The van der Waals surface area contributed by atoms with Crippen LogP contribution in [0.4, 0.5) is 0 Å². The normalized spacial score (nSPS) is 21.4. The SMILES string of the molecule is CCOC(=O)CCCCN1CCCC(CO)C1. The second-order valence-electron chi connectivity index (χ2n) is 4.75. The van der Waals surface area contributed by atoms with Crippen LogP contribution in [0.15, 0.2) is 0 Å². The van der Waals surface area contributed by atoms with Gasteiger partial charge in [-0.3, -0.25) is 4.79 Å². The number of hydrogen-bond donors (Lipinski definition) is 1. The zero-order valence-electron chi connectivity index (χ0n) is 10.9. The maximum Gasteiger partial charge on any atom is 0.305 e. The van der Waals surface area contributed by atoms with Gasteiger partial charge in [-0.05, 0) is 51.6 Å². The Morgan fingerprint density at radius 1 is 1.47 bits per heavy atom. The molecular weight excluding hydrogens is 218 g/mol. The summed E-state index contributed by atoms with van der Waals surface area (Å²) in [4.78, 5) is 13.5. The third-order valence-corrected chi connectivity index (χ3v) is 3.27. The number of likely N-dealkylation sites (tertiary alicyclic amines) is 1. The smallest absolute Gasteiger partial charge is 0.305 e. The van der Waals surface area contributed by atoms with Crippen molar-refractivity contribution in [2.75, 3.05) is 32.8 Å². The molecule has 0 aromatic carbocycles. The van der Waals surface area contributed by atoms with Crippen LogP contribution in [0.1, 0.15) is 39.0 Å². The molecule has 1 rings (SSSR count). The molecule has 0 aromatic heterocycles. The molecule has 1 N–H and O–H groups in total. The number of esters is 1. The van der Waals surface area contributed by atoms with Gasteiger partial charge in [0.05, 0.1) is 6.61 Å². The number of carbonyl (C=O) groups excluding carboxylic acids is 1. The number of ether oxygens (including phenoxy) is 1. The molecule has 0 aliphatic carbocycles. The number of unbranched alkanes of at least 4 members (excludes halogenated alkanes) is 1. The molecule has 1 heterocycles. The first-order valence-corrected chi connectivity index (χ1v) is 6.75. The van der Waals surface area contributed by atoms with E-state index >= 15 is 0 Å². The third kappa shape index (κ3) is 6.03. The van der Waals surface area contributed by atoms with E-state index in [4.69, 9.17) is 9.84 Å². The highest BCUT2D eigenvalue weighted by Crippen LogP contribution is 2.16. The van der Waals surface area contributed by atoms with Crippen molar-refractivity contribution in [3.05, 3.63) is 0 Å².